The minimum atomic E-state index is -0.281. The van der Waals surface area contributed by atoms with Crippen LogP contribution >= 0.6 is 23.5 Å². The van der Waals surface area contributed by atoms with Gasteiger partial charge in [-0.05, 0) is 85.1 Å². The third kappa shape index (κ3) is 4.22. The predicted molar refractivity (Wildman–Crippen MR) is 98.6 cm³/mol. The Bertz CT molecular complexity index is 822. The average Bonchev–Trinajstić information content (AvgIpc) is 2.59. The van der Waals surface area contributed by atoms with Crippen LogP contribution in [0.15, 0.2) is 71.6 Å². The van der Waals surface area contributed by atoms with Gasteiger partial charge in [-0.25, -0.2) is 4.39 Å². The third-order valence-corrected chi connectivity index (χ3v) is 4.66. The van der Waals surface area contributed by atoms with Crippen molar-refractivity contribution in [1.82, 2.24) is 0 Å². The first kappa shape index (κ1) is 16.7. The first-order valence-corrected chi connectivity index (χ1v) is 8.53. The molecule has 3 rings (SSSR count). The van der Waals surface area contributed by atoms with Crippen molar-refractivity contribution in [3.63, 3.8) is 0 Å². The molecule has 0 aliphatic heterocycles. The number of anilines is 1. The molecule has 0 spiro atoms. The van der Waals surface area contributed by atoms with Crippen LogP contribution in [0.1, 0.15) is 5.56 Å². The van der Waals surface area contributed by atoms with E-state index in [9.17, 15) is 4.39 Å². The Morgan fingerprint density at radius 1 is 0.917 bits per heavy atom. The molecule has 0 aromatic heterocycles. The van der Waals surface area contributed by atoms with Crippen molar-refractivity contribution in [3.05, 3.63) is 83.1 Å². The number of halogens is 2. The van der Waals surface area contributed by atoms with E-state index in [2.05, 4.69) is 4.72 Å². The molecule has 0 aliphatic rings. The SMILES string of the molecule is Cc1c(Cl)cccc1NSc1ccc(Oc2ccc(F)cc2)cc1. The first-order chi connectivity index (χ1) is 11.6. The van der Waals surface area contributed by atoms with E-state index < -0.39 is 0 Å². The number of rotatable bonds is 5. The Morgan fingerprint density at radius 3 is 2.21 bits per heavy atom. The Kier molecular flexibility index (Phi) is 5.28. The molecule has 1 N–H and O–H groups in total. The molecule has 0 fully saturated rings. The van der Waals surface area contributed by atoms with Crippen molar-refractivity contribution in [2.24, 2.45) is 0 Å². The standard InChI is InChI=1S/C19H15ClFNOS/c1-13-18(20)3-2-4-19(13)22-24-17-11-9-16(10-12-17)23-15-7-5-14(21)6-8-15/h2-12,22H,1H3. The Hall–Kier alpha value is -2.17. The molecule has 0 radical (unpaired) electrons. The van der Waals surface area contributed by atoms with Gasteiger partial charge in [-0.15, -0.1) is 0 Å². The lowest BCUT2D eigenvalue weighted by Crippen LogP contribution is -1.90. The molecule has 5 heteroatoms. The average molecular weight is 360 g/mol. The third-order valence-electron chi connectivity index (χ3n) is 3.42. The summed E-state index contributed by atoms with van der Waals surface area (Å²) in [5.41, 5.74) is 2.00. The van der Waals surface area contributed by atoms with Gasteiger partial charge in [0.2, 0.25) is 0 Å². The van der Waals surface area contributed by atoms with Crippen LogP contribution in [-0.2, 0) is 0 Å². The van der Waals surface area contributed by atoms with Crippen LogP contribution in [0.4, 0.5) is 10.1 Å². The molecule has 2 nitrogen and oxygen atoms in total. The van der Waals surface area contributed by atoms with Crippen molar-refractivity contribution in [1.29, 1.82) is 0 Å². The van der Waals surface area contributed by atoms with Gasteiger partial charge in [0.1, 0.15) is 17.3 Å². The van der Waals surface area contributed by atoms with Gasteiger partial charge in [-0.2, -0.15) is 0 Å². The fourth-order valence-electron chi connectivity index (χ4n) is 2.05. The lowest BCUT2D eigenvalue weighted by atomic mass is 10.2. The van der Waals surface area contributed by atoms with Crippen LogP contribution < -0.4 is 9.46 Å². The van der Waals surface area contributed by atoms with Gasteiger partial charge >= 0.3 is 0 Å². The van der Waals surface area contributed by atoms with Gasteiger partial charge in [0, 0.05) is 15.6 Å². The smallest absolute Gasteiger partial charge is 0.127 e. The molecule has 0 amide bonds. The van der Waals surface area contributed by atoms with Crippen molar-refractivity contribution < 1.29 is 9.13 Å². The molecular formula is C19H15ClFNOS. The molecule has 3 aromatic carbocycles. The van der Waals surface area contributed by atoms with Crippen LogP contribution in [0.2, 0.25) is 5.02 Å². The molecule has 0 aliphatic carbocycles. The van der Waals surface area contributed by atoms with E-state index in [1.54, 1.807) is 12.1 Å². The molecule has 0 unspecified atom stereocenters. The molecular weight excluding hydrogens is 345 g/mol. The summed E-state index contributed by atoms with van der Waals surface area (Å²) in [5.74, 6) is 1.02. The van der Waals surface area contributed by atoms with E-state index in [0.717, 1.165) is 21.2 Å². The topological polar surface area (TPSA) is 21.3 Å². The molecule has 0 bridgehead atoms. The van der Waals surface area contributed by atoms with Crippen molar-refractivity contribution >= 4 is 29.2 Å². The molecule has 122 valence electrons. The largest absolute Gasteiger partial charge is 0.457 e. The van der Waals surface area contributed by atoms with E-state index in [4.69, 9.17) is 16.3 Å². The zero-order valence-electron chi connectivity index (χ0n) is 12.9. The van der Waals surface area contributed by atoms with Gasteiger partial charge in [0.05, 0.1) is 0 Å². The number of hydrogen-bond donors (Lipinski definition) is 1. The molecule has 24 heavy (non-hydrogen) atoms. The molecule has 0 atom stereocenters. The summed E-state index contributed by atoms with van der Waals surface area (Å²) in [7, 11) is 0. The van der Waals surface area contributed by atoms with Crippen molar-refractivity contribution in [2.45, 2.75) is 11.8 Å². The predicted octanol–water partition coefficient (Wildman–Crippen LogP) is 6.70. The Labute approximate surface area is 149 Å². The number of hydrogen-bond acceptors (Lipinski definition) is 3. The van der Waals surface area contributed by atoms with Crippen LogP contribution in [-0.4, -0.2) is 0 Å². The lowest BCUT2D eigenvalue weighted by Gasteiger charge is -2.10. The molecule has 0 heterocycles. The lowest BCUT2D eigenvalue weighted by molar-refractivity contribution is 0.480. The van der Waals surface area contributed by atoms with Crippen molar-refractivity contribution in [3.8, 4) is 11.5 Å². The zero-order chi connectivity index (χ0) is 16.9. The summed E-state index contributed by atoms with van der Waals surface area (Å²) in [5, 5.41) is 0.739. The van der Waals surface area contributed by atoms with E-state index in [0.29, 0.717) is 11.5 Å². The summed E-state index contributed by atoms with van der Waals surface area (Å²) < 4.78 is 21.9. The van der Waals surface area contributed by atoms with E-state index in [-0.39, 0.29) is 5.82 Å². The van der Waals surface area contributed by atoms with Crippen LogP contribution in [0.5, 0.6) is 11.5 Å². The second-order valence-electron chi connectivity index (χ2n) is 5.14. The van der Waals surface area contributed by atoms with Crippen LogP contribution in [0.3, 0.4) is 0 Å². The van der Waals surface area contributed by atoms with Gasteiger partial charge in [-0.1, -0.05) is 17.7 Å². The van der Waals surface area contributed by atoms with Gasteiger partial charge in [0.25, 0.3) is 0 Å². The van der Waals surface area contributed by atoms with Crippen LogP contribution in [0, 0.1) is 12.7 Å². The maximum Gasteiger partial charge on any atom is 0.127 e. The van der Waals surface area contributed by atoms with E-state index >= 15 is 0 Å². The summed E-state index contributed by atoms with van der Waals surface area (Å²) >= 11 is 7.61. The summed E-state index contributed by atoms with van der Waals surface area (Å²) in [6.45, 7) is 1.98. The molecule has 0 saturated carbocycles. The minimum Gasteiger partial charge on any atom is -0.457 e. The van der Waals surface area contributed by atoms with E-state index in [1.165, 1.54) is 24.1 Å². The quantitative estimate of drug-likeness (QED) is 0.512. The molecule has 3 aromatic rings. The highest BCUT2D eigenvalue weighted by Gasteiger charge is 2.03. The zero-order valence-corrected chi connectivity index (χ0v) is 14.5. The van der Waals surface area contributed by atoms with Gasteiger partial charge < -0.3 is 9.46 Å². The monoisotopic (exact) mass is 359 g/mol. The summed E-state index contributed by atoms with van der Waals surface area (Å²) in [6.07, 6.45) is 0. The maximum absolute atomic E-state index is 12.9. The summed E-state index contributed by atoms with van der Waals surface area (Å²) in [6, 6.07) is 19.4. The van der Waals surface area contributed by atoms with Gasteiger partial charge in [0.15, 0.2) is 0 Å². The van der Waals surface area contributed by atoms with Crippen LogP contribution in [0.25, 0.3) is 0 Å². The highest BCUT2D eigenvalue weighted by Crippen LogP contribution is 2.29. The number of nitrogens with one attached hydrogen (secondary N) is 1. The maximum atomic E-state index is 12.9. The Morgan fingerprint density at radius 2 is 1.54 bits per heavy atom. The van der Waals surface area contributed by atoms with E-state index in [1.807, 2.05) is 49.4 Å². The summed E-state index contributed by atoms with van der Waals surface area (Å²) in [4.78, 5) is 1.04. The number of ether oxygens (including phenoxy) is 1. The van der Waals surface area contributed by atoms with Crippen molar-refractivity contribution in [2.75, 3.05) is 4.72 Å². The highest BCUT2D eigenvalue weighted by atomic mass is 35.5. The second-order valence-corrected chi connectivity index (χ2v) is 6.43. The normalized spacial score (nSPS) is 10.5. The molecule has 0 saturated heterocycles. The Balaban J connectivity index is 1.62. The number of benzene rings is 3. The fraction of sp³-hybridized carbons (Fsp3) is 0.0526. The highest BCUT2D eigenvalue weighted by molar-refractivity contribution is 8.00. The first-order valence-electron chi connectivity index (χ1n) is 7.33. The second kappa shape index (κ2) is 7.60. The fourth-order valence-corrected chi connectivity index (χ4v) is 2.94. The minimum absolute atomic E-state index is 0.281. The van der Waals surface area contributed by atoms with Gasteiger partial charge in [-0.3, -0.25) is 0 Å².